The molecule has 0 aliphatic heterocycles. The lowest BCUT2D eigenvalue weighted by Gasteiger charge is -2.19. The first-order valence-electron chi connectivity index (χ1n) is 5.40. The van der Waals surface area contributed by atoms with Crippen LogP contribution in [0.25, 0.3) is 12.4 Å². The van der Waals surface area contributed by atoms with Crippen LogP contribution in [-0.4, -0.2) is 74.8 Å². The molecule has 0 saturated heterocycles. The van der Waals surface area contributed by atoms with E-state index < -0.39 is 66.4 Å². The predicted octanol–water partition coefficient (Wildman–Crippen LogP) is 0.510. The summed E-state index contributed by atoms with van der Waals surface area (Å²) in [7, 11) is -29.2. The van der Waals surface area contributed by atoms with E-state index in [0.717, 1.165) is 4.13 Å². The van der Waals surface area contributed by atoms with Crippen LogP contribution < -0.4 is 0 Å². The highest BCUT2D eigenvalue weighted by molar-refractivity contribution is 8.12. The average molecular weight is 611 g/mol. The van der Waals surface area contributed by atoms with E-state index in [9.17, 15) is 71.4 Å². The first-order chi connectivity index (χ1) is 12.4. The van der Waals surface area contributed by atoms with Crippen LogP contribution in [0.1, 0.15) is 14.9 Å². The van der Waals surface area contributed by atoms with Crippen LogP contribution in [0.15, 0.2) is 0 Å². The van der Waals surface area contributed by atoms with Gasteiger partial charge in [-0.1, -0.05) is 14.9 Å². The van der Waals surface area contributed by atoms with Gasteiger partial charge in [-0.2, -0.15) is 13.2 Å². The normalized spacial score (nSPS) is 13.1. The highest BCUT2D eigenvalue weighted by atomic mass is 32.3. The van der Waals surface area contributed by atoms with E-state index in [2.05, 4.69) is 4.13 Å². The summed E-state index contributed by atoms with van der Waals surface area (Å²) in [6.07, 6.45) is 1.68. The molecule has 0 fully saturated rings. The minimum atomic E-state index is -5.92. The highest BCUT2D eigenvalue weighted by Gasteiger charge is 2.39. The molecule has 0 saturated carbocycles. The van der Waals surface area contributed by atoms with Crippen molar-refractivity contribution in [2.75, 3.05) is 18.8 Å². The van der Waals surface area contributed by atoms with Gasteiger partial charge < -0.3 is 12.4 Å². The summed E-state index contributed by atoms with van der Waals surface area (Å²) in [6.45, 7) is 0. The zero-order valence-corrected chi connectivity index (χ0v) is 19.0. The Morgan fingerprint density at radius 1 is 0.500 bits per heavy atom. The van der Waals surface area contributed by atoms with Gasteiger partial charge in [0.05, 0.1) is 30.1 Å². The SMILES string of the molecule is C.C.CS(=O)(=O)[N-]S(=O)(=O)C(F)(F)F.CS(=O)(=O)[N-]S(C)(=O)=O.O=S(=O)(F)[N-]S(=O)(=O)F. The fraction of sp³-hybridized carbons (Fsp3) is 1.00. The standard InChI is InChI=1S/C2H3F3NO4S2.C2H6NO4S2.2CH4.F2NO4S2/c1-11(7,8)6-12(9,10)2(3,4)5;1-8(4,5)3-9(2,6)7;;;1-8(4,5)3-9(2,6)7/h1H3;1-2H3;2*1H4;/q2*-1;;;-1. The van der Waals surface area contributed by atoms with Crippen molar-refractivity contribution in [1.82, 2.24) is 0 Å². The summed E-state index contributed by atoms with van der Waals surface area (Å²) < 4.78 is 179. The maximum absolute atomic E-state index is 11.4. The second kappa shape index (κ2) is 13.2. The summed E-state index contributed by atoms with van der Waals surface area (Å²) in [5, 5.41) is 0. The van der Waals surface area contributed by atoms with Crippen molar-refractivity contribution >= 4 is 60.9 Å². The second-order valence-corrected chi connectivity index (χ2v) is 13.4. The molecule has 0 unspecified atom stereocenters. The van der Waals surface area contributed by atoms with Gasteiger partial charge in [0.25, 0.3) is 0 Å². The Balaban J connectivity index is -0.000000112. The number of sulfonamides is 4. The number of hydrogen-bond donors (Lipinski definition) is 0. The van der Waals surface area contributed by atoms with Crippen molar-refractivity contribution in [1.29, 1.82) is 0 Å². The third-order valence-corrected chi connectivity index (χ3v) is 7.02. The molecule has 0 aromatic carbocycles. The van der Waals surface area contributed by atoms with E-state index in [1.165, 1.54) is 0 Å². The third kappa shape index (κ3) is 33.9. The molecule has 0 radical (unpaired) electrons. The van der Waals surface area contributed by atoms with E-state index in [1.807, 2.05) is 0 Å². The number of hydrogen-bond acceptors (Lipinski definition) is 12. The van der Waals surface area contributed by atoms with E-state index in [0.29, 0.717) is 12.5 Å². The lowest BCUT2D eigenvalue weighted by molar-refractivity contribution is -0.0425. The smallest absolute Gasteiger partial charge is 0.437 e. The first kappa shape index (κ1) is 41.5. The van der Waals surface area contributed by atoms with Crippen molar-refractivity contribution in [3.63, 3.8) is 0 Å². The van der Waals surface area contributed by atoms with Gasteiger partial charge in [0, 0.05) is 18.8 Å². The summed E-state index contributed by atoms with van der Waals surface area (Å²) >= 11 is 0. The fourth-order valence-electron chi connectivity index (χ4n) is 0.573. The zero-order valence-electron chi connectivity index (χ0n) is 14.1. The Bertz CT molecular complexity index is 1090. The van der Waals surface area contributed by atoms with E-state index in [-0.39, 0.29) is 21.1 Å². The van der Waals surface area contributed by atoms with Gasteiger partial charge in [0.2, 0.25) is 20.8 Å². The maximum Gasteiger partial charge on any atom is 0.480 e. The largest absolute Gasteiger partial charge is 0.480 e. The monoisotopic (exact) mass is 610 g/mol. The molecule has 0 atom stereocenters. The fourth-order valence-corrected chi connectivity index (χ4v) is 5.16. The molecule has 0 N–H and O–H groups in total. The molecule has 0 amide bonds. The van der Waals surface area contributed by atoms with Gasteiger partial charge in [-0.25, -0.2) is 50.5 Å². The van der Waals surface area contributed by atoms with Crippen molar-refractivity contribution < 1.29 is 71.4 Å². The number of halogens is 5. The lowest BCUT2D eigenvalue weighted by Crippen LogP contribution is -2.23. The number of nitrogens with zero attached hydrogens (tertiary/aromatic N) is 3. The third-order valence-electron chi connectivity index (χ3n) is 0.975. The minimum Gasteiger partial charge on any atom is -0.437 e. The molecule has 0 spiro atoms. The molecule has 0 aromatic heterocycles. The van der Waals surface area contributed by atoms with E-state index >= 15 is 0 Å². The van der Waals surface area contributed by atoms with Gasteiger partial charge in [0.15, 0.2) is 10.0 Å². The number of rotatable bonds is 6. The van der Waals surface area contributed by atoms with Crippen LogP contribution in [-0.2, 0) is 60.9 Å². The topological polar surface area (TPSA) is 247 Å². The molecular weight excluding hydrogens is 593 g/mol. The molecule has 26 heteroatoms. The molecule has 202 valence electrons. The summed E-state index contributed by atoms with van der Waals surface area (Å²) in [5.41, 5.74) is -5.67. The molecular formula is C6H17F5N3O12S6-3. The Labute approximate surface area is 183 Å². The average Bonchev–Trinajstić information content (AvgIpc) is 2.12. The Kier molecular flexibility index (Phi) is 17.1. The van der Waals surface area contributed by atoms with Gasteiger partial charge in [-0.05, 0) is 0 Å². The molecule has 32 heavy (non-hydrogen) atoms. The second-order valence-electron chi connectivity index (χ2n) is 4.17. The predicted molar refractivity (Wildman–Crippen MR) is 103 cm³/mol. The molecule has 0 aliphatic carbocycles. The van der Waals surface area contributed by atoms with Gasteiger partial charge >= 0.3 is 5.51 Å². The van der Waals surface area contributed by atoms with Crippen molar-refractivity contribution in [2.45, 2.75) is 20.4 Å². The van der Waals surface area contributed by atoms with Crippen LogP contribution in [0.5, 0.6) is 0 Å². The van der Waals surface area contributed by atoms with Gasteiger partial charge in [-0.15, -0.1) is 7.77 Å². The van der Waals surface area contributed by atoms with Crippen LogP contribution in [0, 0.1) is 0 Å². The van der Waals surface area contributed by atoms with Crippen molar-refractivity contribution in [3.8, 4) is 0 Å². The van der Waals surface area contributed by atoms with Crippen molar-refractivity contribution in [2.24, 2.45) is 0 Å². The molecule has 0 rings (SSSR count). The Morgan fingerprint density at radius 2 is 0.719 bits per heavy atom. The molecule has 0 heterocycles. The summed E-state index contributed by atoms with van der Waals surface area (Å²) in [6, 6.07) is 0. The van der Waals surface area contributed by atoms with Gasteiger partial charge in [-0.3, -0.25) is 0 Å². The van der Waals surface area contributed by atoms with Gasteiger partial charge in [0.1, 0.15) is 0 Å². The van der Waals surface area contributed by atoms with E-state index in [4.69, 9.17) is 0 Å². The molecule has 0 aliphatic rings. The zero-order chi connectivity index (χ0) is 25.6. The maximum atomic E-state index is 11.4. The summed E-state index contributed by atoms with van der Waals surface area (Å²) in [4.78, 5) is 0. The lowest BCUT2D eigenvalue weighted by atomic mass is 11.6. The van der Waals surface area contributed by atoms with Crippen LogP contribution in [0.3, 0.4) is 0 Å². The molecule has 15 nitrogen and oxygen atoms in total. The Morgan fingerprint density at radius 3 is 0.750 bits per heavy atom. The van der Waals surface area contributed by atoms with Crippen LogP contribution >= 0.6 is 0 Å². The highest BCUT2D eigenvalue weighted by Crippen LogP contribution is 2.29. The van der Waals surface area contributed by atoms with Crippen LogP contribution in [0.4, 0.5) is 20.9 Å². The molecule has 0 aromatic rings. The number of alkyl halides is 3. The summed E-state index contributed by atoms with van der Waals surface area (Å²) in [5.74, 6) is 0. The minimum absolute atomic E-state index is 0. The Hall–Kier alpha value is -0.770. The van der Waals surface area contributed by atoms with Crippen molar-refractivity contribution in [3.05, 3.63) is 12.4 Å². The van der Waals surface area contributed by atoms with E-state index in [1.54, 1.807) is 4.13 Å². The molecule has 0 bridgehead atoms. The quantitative estimate of drug-likeness (QED) is 0.295. The first-order valence-corrected chi connectivity index (χ1v) is 15.1. The van der Waals surface area contributed by atoms with Crippen LogP contribution in [0.2, 0.25) is 0 Å².